The number of carbonyl (C=O) groups is 1. The van der Waals surface area contributed by atoms with Gasteiger partial charge >= 0.3 is 5.97 Å². The van der Waals surface area contributed by atoms with Crippen LogP contribution in [-0.2, 0) is 9.53 Å². The molecule has 20 heavy (non-hydrogen) atoms. The van der Waals surface area contributed by atoms with Crippen molar-refractivity contribution >= 4 is 23.3 Å². The van der Waals surface area contributed by atoms with E-state index in [4.69, 9.17) is 4.74 Å². The predicted octanol–water partition coefficient (Wildman–Crippen LogP) is 4.02. The second-order valence-electron chi connectivity index (χ2n) is 4.50. The Hall–Kier alpha value is -2.00. The van der Waals surface area contributed by atoms with Crippen LogP contribution in [0.1, 0.15) is 5.56 Å². The fourth-order valence-corrected chi connectivity index (χ4v) is 2.92. The largest absolute Gasteiger partial charge is 0.458 e. The second kappa shape index (κ2) is 5.55. The van der Waals surface area contributed by atoms with Gasteiger partial charge in [-0.05, 0) is 41.2 Å². The van der Waals surface area contributed by atoms with Gasteiger partial charge in [-0.1, -0.05) is 36.4 Å². The standard InChI is InChI=1S/C17H14O2S/c1-20-16-8-7-13(14-9-10-19-17(14)18)11-15(16)12-5-3-2-4-6-12/h2-9,11H,10H2,1H3. The molecular weight excluding hydrogens is 268 g/mol. The van der Waals surface area contributed by atoms with Gasteiger partial charge in [0.15, 0.2) is 0 Å². The zero-order valence-electron chi connectivity index (χ0n) is 11.1. The van der Waals surface area contributed by atoms with Crippen molar-refractivity contribution in [1.29, 1.82) is 0 Å². The highest BCUT2D eigenvalue weighted by molar-refractivity contribution is 7.98. The highest BCUT2D eigenvalue weighted by Gasteiger charge is 2.19. The van der Waals surface area contributed by atoms with Gasteiger partial charge < -0.3 is 4.74 Å². The molecule has 0 saturated heterocycles. The molecular formula is C17H14O2S. The zero-order chi connectivity index (χ0) is 13.9. The molecule has 0 unspecified atom stereocenters. The van der Waals surface area contributed by atoms with Gasteiger partial charge in [0.05, 0.1) is 5.57 Å². The normalized spacial score (nSPS) is 14.1. The first-order chi connectivity index (χ1) is 9.79. The van der Waals surface area contributed by atoms with E-state index in [9.17, 15) is 4.79 Å². The van der Waals surface area contributed by atoms with Crippen molar-refractivity contribution in [2.45, 2.75) is 4.90 Å². The van der Waals surface area contributed by atoms with Gasteiger partial charge in [0, 0.05) is 4.90 Å². The Morgan fingerprint density at radius 3 is 2.50 bits per heavy atom. The molecule has 0 N–H and O–H groups in total. The Bertz CT molecular complexity index is 675. The number of ether oxygens (including phenoxy) is 1. The van der Waals surface area contributed by atoms with Gasteiger partial charge in [0.25, 0.3) is 0 Å². The second-order valence-corrected chi connectivity index (χ2v) is 5.35. The van der Waals surface area contributed by atoms with E-state index in [1.807, 2.05) is 30.3 Å². The number of carbonyl (C=O) groups excluding carboxylic acids is 1. The molecule has 2 nitrogen and oxygen atoms in total. The average molecular weight is 282 g/mol. The lowest BCUT2D eigenvalue weighted by Crippen LogP contribution is -1.99. The Morgan fingerprint density at radius 1 is 1.05 bits per heavy atom. The maximum atomic E-state index is 11.7. The Labute approximate surface area is 122 Å². The van der Waals surface area contributed by atoms with Crippen molar-refractivity contribution < 1.29 is 9.53 Å². The van der Waals surface area contributed by atoms with Gasteiger partial charge in [0.2, 0.25) is 0 Å². The first kappa shape index (κ1) is 13.0. The summed E-state index contributed by atoms with van der Waals surface area (Å²) in [5.74, 6) is -0.235. The molecule has 0 amide bonds. The lowest BCUT2D eigenvalue weighted by atomic mass is 9.99. The van der Waals surface area contributed by atoms with Gasteiger partial charge in [-0.25, -0.2) is 4.79 Å². The van der Waals surface area contributed by atoms with E-state index in [0.29, 0.717) is 12.2 Å². The minimum Gasteiger partial charge on any atom is -0.458 e. The van der Waals surface area contributed by atoms with Crippen molar-refractivity contribution in [2.75, 3.05) is 12.9 Å². The Morgan fingerprint density at radius 2 is 1.85 bits per heavy atom. The molecule has 3 heteroatoms. The number of hydrogen-bond donors (Lipinski definition) is 0. The van der Waals surface area contributed by atoms with E-state index >= 15 is 0 Å². The highest BCUT2D eigenvalue weighted by Crippen LogP contribution is 2.33. The quantitative estimate of drug-likeness (QED) is 0.628. The number of cyclic esters (lactones) is 1. The molecule has 1 aliphatic heterocycles. The zero-order valence-corrected chi connectivity index (χ0v) is 11.9. The van der Waals surface area contributed by atoms with Gasteiger partial charge in [-0.2, -0.15) is 0 Å². The average Bonchev–Trinajstić information content (AvgIpc) is 2.93. The summed E-state index contributed by atoms with van der Waals surface area (Å²) in [6, 6.07) is 16.3. The van der Waals surface area contributed by atoms with Gasteiger partial charge in [-0.15, -0.1) is 11.8 Å². The molecule has 0 fully saturated rings. The molecule has 0 aromatic heterocycles. The fraction of sp³-hybridized carbons (Fsp3) is 0.118. The monoisotopic (exact) mass is 282 g/mol. The van der Waals surface area contributed by atoms with Crippen LogP contribution >= 0.6 is 11.8 Å². The summed E-state index contributed by atoms with van der Waals surface area (Å²) in [6.45, 7) is 0.374. The lowest BCUT2D eigenvalue weighted by molar-refractivity contribution is -0.133. The molecule has 0 radical (unpaired) electrons. The van der Waals surface area contributed by atoms with E-state index < -0.39 is 0 Å². The summed E-state index contributed by atoms with van der Waals surface area (Å²) in [5.41, 5.74) is 3.89. The molecule has 100 valence electrons. The van der Waals surface area contributed by atoms with Crippen molar-refractivity contribution in [3.05, 3.63) is 60.2 Å². The first-order valence-electron chi connectivity index (χ1n) is 6.40. The Balaban J connectivity index is 2.11. The smallest absolute Gasteiger partial charge is 0.338 e. The summed E-state index contributed by atoms with van der Waals surface area (Å²) in [7, 11) is 0. The predicted molar refractivity (Wildman–Crippen MR) is 82.6 cm³/mol. The molecule has 2 aromatic rings. The van der Waals surface area contributed by atoms with Crippen LogP contribution in [0, 0.1) is 0 Å². The van der Waals surface area contributed by atoms with Crippen LogP contribution in [0.4, 0.5) is 0 Å². The number of rotatable bonds is 3. The molecule has 0 spiro atoms. The van der Waals surface area contributed by atoms with Crippen LogP contribution in [0.2, 0.25) is 0 Å². The minimum atomic E-state index is -0.235. The molecule has 1 heterocycles. The minimum absolute atomic E-state index is 0.235. The Kier molecular flexibility index (Phi) is 3.61. The van der Waals surface area contributed by atoms with Crippen LogP contribution in [0.3, 0.4) is 0 Å². The molecule has 0 aliphatic carbocycles. The van der Waals surface area contributed by atoms with E-state index in [1.165, 1.54) is 4.90 Å². The molecule has 1 aliphatic rings. The molecule has 0 atom stereocenters. The highest BCUT2D eigenvalue weighted by atomic mass is 32.2. The number of benzene rings is 2. The third-order valence-corrected chi connectivity index (χ3v) is 4.11. The van der Waals surface area contributed by atoms with Crippen LogP contribution in [0.15, 0.2) is 59.5 Å². The fourth-order valence-electron chi connectivity index (χ4n) is 2.32. The lowest BCUT2D eigenvalue weighted by Gasteiger charge is -2.10. The molecule has 2 aromatic carbocycles. The number of thioether (sulfide) groups is 1. The topological polar surface area (TPSA) is 26.3 Å². The summed E-state index contributed by atoms with van der Waals surface area (Å²) in [6.07, 6.45) is 3.90. The van der Waals surface area contributed by atoms with E-state index in [0.717, 1.165) is 16.7 Å². The summed E-state index contributed by atoms with van der Waals surface area (Å²) in [5, 5.41) is 0. The first-order valence-corrected chi connectivity index (χ1v) is 7.63. The van der Waals surface area contributed by atoms with Gasteiger partial charge in [0.1, 0.15) is 6.61 Å². The van der Waals surface area contributed by atoms with Crippen molar-refractivity contribution in [1.82, 2.24) is 0 Å². The van der Waals surface area contributed by atoms with Crippen LogP contribution in [0.25, 0.3) is 16.7 Å². The van der Waals surface area contributed by atoms with Crippen molar-refractivity contribution in [3.63, 3.8) is 0 Å². The van der Waals surface area contributed by atoms with E-state index in [1.54, 1.807) is 11.8 Å². The summed E-state index contributed by atoms with van der Waals surface area (Å²) < 4.78 is 4.99. The summed E-state index contributed by atoms with van der Waals surface area (Å²) >= 11 is 1.71. The summed E-state index contributed by atoms with van der Waals surface area (Å²) in [4.78, 5) is 12.9. The van der Waals surface area contributed by atoms with Crippen LogP contribution in [-0.4, -0.2) is 18.8 Å². The maximum Gasteiger partial charge on any atom is 0.338 e. The van der Waals surface area contributed by atoms with E-state index in [-0.39, 0.29) is 5.97 Å². The van der Waals surface area contributed by atoms with Gasteiger partial charge in [-0.3, -0.25) is 0 Å². The number of hydrogen-bond acceptors (Lipinski definition) is 3. The van der Waals surface area contributed by atoms with Crippen LogP contribution < -0.4 is 0 Å². The third-order valence-electron chi connectivity index (χ3n) is 3.32. The van der Waals surface area contributed by atoms with Crippen molar-refractivity contribution in [3.8, 4) is 11.1 Å². The third kappa shape index (κ3) is 2.37. The van der Waals surface area contributed by atoms with Crippen LogP contribution in [0.5, 0.6) is 0 Å². The molecule has 0 bridgehead atoms. The maximum absolute atomic E-state index is 11.7. The van der Waals surface area contributed by atoms with Crippen molar-refractivity contribution in [2.24, 2.45) is 0 Å². The molecule has 3 rings (SSSR count). The molecule has 0 saturated carbocycles. The number of esters is 1. The SMILES string of the molecule is CSc1ccc(C2=CCOC2=O)cc1-c1ccccc1. The van der Waals surface area contributed by atoms with E-state index in [2.05, 4.69) is 30.5 Å².